The molecule has 0 radical (unpaired) electrons. The highest BCUT2D eigenvalue weighted by atomic mass is 16.5. The van der Waals surface area contributed by atoms with Crippen molar-refractivity contribution in [2.24, 2.45) is 5.92 Å². The van der Waals surface area contributed by atoms with E-state index in [0.29, 0.717) is 24.6 Å². The van der Waals surface area contributed by atoms with Crippen molar-refractivity contribution < 1.29 is 14.1 Å². The van der Waals surface area contributed by atoms with Crippen LogP contribution in [0.3, 0.4) is 0 Å². The number of rotatable bonds is 7. The van der Waals surface area contributed by atoms with Gasteiger partial charge in [0.05, 0.1) is 11.1 Å². The number of aromatic nitrogens is 1. The summed E-state index contributed by atoms with van der Waals surface area (Å²) in [6.07, 6.45) is 4.59. The number of benzene rings is 2. The van der Waals surface area contributed by atoms with E-state index in [9.17, 15) is 4.79 Å². The Morgan fingerprint density at radius 3 is 2.79 bits per heavy atom. The standard InChI is InChI=1S/C27H31N3O3/c1-19-8-9-24-22(16-19)26-23(18-32-24)25(29-33-26)27(31)28-12-5-13-30-14-10-21(11-15-30)17-20-6-3-2-4-7-20/h2-4,6-9,16,21H,5,10-15,17-18H2,1H3,(H,28,31). The lowest BCUT2D eigenvalue weighted by molar-refractivity contribution is 0.0939. The van der Waals surface area contributed by atoms with Crippen LogP contribution in [0.1, 0.15) is 46.4 Å². The fourth-order valence-corrected chi connectivity index (χ4v) is 4.88. The first kappa shape index (κ1) is 21.7. The third-order valence-corrected chi connectivity index (χ3v) is 6.77. The molecule has 3 heterocycles. The number of nitrogens with zero attached hydrogens (tertiary/aromatic N) is 2. The van der Waals surface area contributed by atoms with Crippen molar-refractivity contribution in [3.05, 3.63) is 70.9 Å². The lowest BCUT2D eigenvalue weighted by Crippen LogP contribution is -2.36. The first-order valence-electron chi connectivity index (χ1n) is 11.9. The van der Waals surface area contributed by atoms with Gasteiger partial charge in [0.1, 0.15) is 12.4 Å². The molecule has 3 aromatic rings. The quantitative estimate of drug-likeness (QED) is 0.538. The highest BCUT2D eigenvalue weighted by Crippen LogP contribution is 2.39. The number of amides is 1. The summed E-state index contributed by atoms with van der Waals surface area (Å²) in [6.45, 7) is 6.22. The Kier molecular flexibility index (Phi) is 6.44. The Balaban J connectivity index is 1.07. The van der Waals surface area contributed by atoms with Crippen LogP contribution in [0.4, 0.5) is 0 Å². The van der Waals surface area contributed by atoms with E-state index in [-0.39, 0.29) is 5.91 Å². The molecule has 1 fully saturated rings. The Morgan fingerprint density at radius 1 is 1.15 bits per heavy atom. The van der Waals surface area contributed by atoms with Crippen LogP contribution in [0, 0.1) is 12.8 Å². The van der Waals surface area contributed by atoms with Gasteiger partial charge in [0.15, 0.2) is 11.5 Å². The lowest BCUT2D eigenvalue weighted by atomic mass is 9.90. The molecule has 1 saturated heterocycles. The highest BCUT2D eigenvalue weighted by molar-refractivity contribution is 5.95. The van der Waals surface area contributed by atoms with Crippen LogP contribution < -0.4 is 10.1 Å². The number of carbonyl (C=O) groups excluding carboxylic acids is 1. The summed E-state index contributed by atoms with van der Waals surface area (Å²) in [5.74, 6) is 1.99. The Labute approximate surface area is 194 Å². The molecule has 0 bridgehead atoms. The minimum atomic E-state index is -0.193. The molecule has 2 aliphatic heterocycles. The van der Waals surface area contributed by atoms with Crippen molar-refractivity contribution in [3.8, 4) is 17.1 Å². The first-order valence-corrected chi connectivity index (χ1v) is 11.9. The third kappa shape index (κ3) is 4.96. The van der Waals surface area contributed by atoms with Crippen LogP contribution in [-0.4, -0.2) is 42.1 Å². The SMILES string of the molecule is Cc1ccc2c(c1)-c1onc(C(=O)NCCCN3CCC(Cc4ccccc4)CC3)c1CO2. The van der Waals surface area contributed by atoms with Crippen molar-refractivity contribution in [1.82, 2.24) is 15.4 Å². The molecule has 5 rings (SSSR count). The number of carbonyl (C=O) groups is 1. The Hall–Kier alpha value is -3.12. The van der Waals surface area contributed by atoms with Gasteiger partial charge >= 0.3 is 0 Å². The molecule has 33 heavy (non-hydrogen) atoms. The molecule has 2 aromatic carbocycles. The zero-order valence-corrected chi connectivity index (χ0v) is 19.2. The molecule has 0 saturated carbocycles. The summed E-state index contributed by atoms with van der Waals surface area (Å²) in [7, 11) is 0. The zero-order valence-electron chi connectivity index (χ0n) is 19.2. The van der Waals surface area contributed by atoms with Crippen LogP contribution in [0.2, 0.25) is 0 Å². The molecule has 6 nitrogen and oxygen atoms in total. The maximum Gasteiger partial charge on any atom is 0.273 e. The summed E-state index contributed by atoms with van der Waals surface area (Å²) < 4.78 is 11.4. The smallest absolute Gasteiger partial charge is 0.273 e. The Bertz CT molecular complexity index is 1100. The number of hydrogen-bond acceptors (Lipinski definition) is 5. The molecule has 1 aromatic heterocycles. The van der Waals surface area contributed by atoms with Gasteiger partial charge in [-0.15, -0.1) is 0 Å². The van der Waals surface area contributed by atoms with E-state index in [0.717, 1.165) is 54.4 Å². The molecular weight excluding hydrogens is 414 g/mol. The van der Waals surface area contributed by atoms with Crippen molar-refractivity contribution in [1.29, 1.82) is 0 Å². The molecule has 1 N–H and O–H groups in total. The number of fused-ring (bicyclic) bond motifs is 3. The van der Waals surface area contributed by atoms with Gasteiger partial charge in [-0.1, -0.05) is 47.1 Å². The normalized spacial score (nSPS) is 16.0. The van der Waals surface area contributed by atoms with Crippen molar-refractivity contribution in [3.63, 3.8) is 0 Å². The van der Waals surface area contributed by atoms with E-state index in [2.05, 4.69) is 45.7 Å². The molecule has 1 amide bonds. The average molecular weight is 446 g/mol. The average Bonchev–Trinajstić information content (AvgIpc) is 3.28. The summed E-state index contributed by atoms with van der Waals surface area (Å²) in [6, 6.07) is 16.7. The zero-order chi connectivity index (χ0) is 22.6. The monoisotopic (exact) mass is 445 g/mol. The van der Waals surface area contributed by atoms with Crippen LogP contribution in [0.5, 0.6) is 5.75 Å². The second-order valence-electron chi connectivity index (χ2n) is 9.21. The van der Waals surface area contributed by atoms with E-state index in [1.54, 1.807) is 0 Å². The topological polar surface area (TPSA) is 67.6 Å². The number of likely N-dealkylation sites (tertiary alicyclic amines) is 1. The lowest BCUT2D eigenvalue weighted by Gasteiger charge is -2.32. The van der Waals surface area contributed by atoms with Gasteiger partial charge < -0.3 is 19.5 Å². The maximum absolute atomic E-state index is 12.7. The molecule has 0 unspecified atom stereocenters. The summed E-state index contributed by atoms with van der Waals surface area (Å²) in [5, 5.41) is 7.07. The fourth-order valence-electron chi connectivity index (χ4n) is 4.88. The summed E-state index contributed by atoms with van der Waals surface area (Å²) in [5.41, 5.74) is 4.47. The van der Waals surface area contributed by atoms with Gasteiger partial charge in [0, 0.05) is 6.54 Å². The summed E-state index contributed by atoms with van der Waals surface area (Å²) >= 11 is 0. The number of nitrogens with one attached hydrogen (secondary N) is 1. The number of hydrogen-bond donors (Lipinski definition) is 1. The van der Waals surface area contributed by atoms with E-state index in [1.165, 1.54) is 24.8 Å². The summed E-state index contributed by atoms with van der Waals surface area (Å²) in [4.78, 5) is 15.2. The molecule has 2 aliphatic rings. The van der Waals surface area contributed by atoms with Crippen molar-refractivity contribution in [2.45, 2.75) is 39.2 Å². The fraction of sp³-hybridized carbons (Fsp3) is 0.407. The number of ether oxygens (including phenoxy) is 1. The molecule has 0 spiro atoms. The largest absolute Gasteiger partial charge is 0.488 e. The second kappa shape index (κ2) is 9.79. The molecule has 0 aliphatic carbocycles. The molecule has 172 valence electrons. The maximum atomic E-state index is 12.7. The predicted octanol–water partition coefficient (Wildman–Crippen LogP) is 4.62. The van der Waals surface area contributed by atoms with Crippen LogP contribution in [-0.2, 0) is 13.0 Å². The van der Waals surface area contributed by atoms with E-state index >= 15 is 0 Å². The second-order valence-corrected chi connectivity index (χ2v) is 9.21. The van der Waals surface area contributed by atoms with Gasteiger partial charge in [0.25, 0.3) is 5.91 Å². The van der Waals surface area contributed by atoms with Gasteiger partial charge in [-0.2, -0.15) is 0 Å². The van der Waals surface area contributed by atoms with E-state index in [4.69, 9.17) is 9.26 Å². The van der Waals surface area contributed by atoms with E-state index < -0.39 is 0 Å². The van der Waals surface area contributed by atoms with E-state index in [1.807, 2.05) is 25.1 Å². The minimum absolute atomic E-state index is 0.193. The molecule has 6 heteroatoms. The van der Waals surface area contributed by atoms with Gasteiger partial charge in [-0.05, 0) is 75.9 Å². The third-order valence-electron chi connectivity index (χ3n) is 6.77. The van der Waals surface area contributed by atoms with Gasteiger partial charge in [-0.25, -0.2) is 0 Å². The highest BCUT2D eigenvalue weighted by Gasteiger charge is 2.28. The predicted molar refractivity (Wildman–Crippen MR) is 127 cm³/mol. The first-order chi connectivity index (χ1) is 16.2. The number of aryl methyl sites for hydroxylation is 1. The van der Waals surface area contributed by atoms with Crippen molar-refractivity contribution >= 4 is 5.91 Å². The van der Waals surface area contributed by atoms with Gasteiger partial charge in [-0.3, -0.25) is 4.79 Å². The number of piperidine rings is 1. The molecule has 0 atom stereocenters. The molecular formula is C27H31N3O3. The van der Waals surface area contributed by atoms with Crippen LogP contribution >= 0.6 is 0 Å². The van der Waals surface area contributed by atoms with Gasteiger partial charge in [0.2, 0.25) is 0 Å². The van der Waals surface area contributed by atoms with Crippen LogP contribution in [0.25, 0.3) is 11.3 Å². The van der Waals surface area contributed by atoms with Crippen LogP contribution in [0.15, 0.2) is 53.1 Å². The minimum Gasteiger partial charge on any atom is -0.488 e. The Morgan fingerprint density at radius 2 is 1.97 bits per heavy atom. The van der Waals surface area contributed by atoms with Crippen molar-refractivity contribution in [2.75, 3.05) is 26.2 Å².